The number of nitrogens with two attached hydrogens (primary N) is 1. The van der Waals surface area contributed by atoms with Crippen LogP contribution in [0.1, 0.15) is 32.1 Å². The van der Waals surface area contributed by atoms with Crippen molar-refractivity contribution >= 4 is 11.8 Å². The topological polar surface area (TPSA) is 63.4 Å². The van der Waals surface area contributed by atoms with Gasteiger partial charge < -0.3 is 5.73 Å². The van der Waals surface area contributed by atoms with Crippen LogP contribution in [-0.4, -0.2) is 28.8 Å². The van der Waals surface area contributed by atoms with E-state index in [-0.39, 0.29) is 35.7 Å². The van der Waals surface area contributed by atoms with Gasteiger partial charge >= 0.3 is 0 Å². The summed E-state index contributed by atoms with van der Waals surface area (Å²) in [4.78, 5) is 26.1. The highest BCUT2D eigenvalue weighted by Gasteiger charge is 2.51. The lowest BCUT2D eigenvalue weighted by atomic mass is 9.85. The average molecular weight is 234 g/mol. The van der Waals surface area contributed by atoms with Gasteiger partial charge in [0.2, 0.25) is 11.8 Å². The molecule has 1 heterocycles. The molecule has 2 aliphatic carbocycles. The zero-order chi connectivity index (χ0) is 12.0. The van der Waals surface area contributed by atoms with Crippen LogP contribution >= 0.6 is 0 Å². The van der Waals surface area contributed by atoms with Crippen LogP contribution in [0, 0.1) is 11.8 Å². The van der Waals surface area contributed by atoms with Gasteiger partial charge in [-0.25, -0.2) is 0 Å². The Morgan fingerprint density at radius 1 is 1.06 bits per heavy atom. The van der Waals surface area contributed by atoms with Gasteiger partial charge in [0, 0.05) is 6.04 Å². The molecule has 4 heteroatoms. The summed E-state index contributed by atoms with van der Waals surface area (Å²) in [7, 11) is 0. The van der Waals surface area contributed by atoms with Crippen molar-refractivity contribution in [2.45, 2.75) is 44.2 Å². The smallest absolute Gasteiger partial charge is 0.233 e. The molecule has 2 fully saturated rings. The van der Waals surface area contributed by atoms with Gasteiger partial charge in [0.15, 0.2) is 0 Å². The number of hydrogen-bond donors (Lipinski definition) is 1. The van der Waals surface area contributed by atoms with Gasteiger partial charge in [-0.05, 0) is 32.1 Å². The third kappa shape index (κ3) is 1.54. The van der Waals surface area contributed by atoms with Crippen LogP contribution in [0.15, 0.2) is 12.2 Å². The van der Waals surface area contributed by atoms with E-state index in [1.165, 1.54) is 4.90 Å². The van der Waals surface area contributed by atoms with Crippen molar-refractivity contribution in [2.75, 3.05) is 0 Å². The number of carbonyl (C=O) groups excluding carboxylic acids is 2. The highest BCUT2D eigenvalue weighted by atomic mass is 16.2. The van der Waals surface area contributed by atoms with E-state index in [1.54, 1.807) is 0 Å². The molecule has 4 unspecified atom stereocenters. The van der Waals surface area contributed by atoms with Crippen molar-refractivity contribution in [3.63, 3.8) is 0 Å². The summed E-state index contributed by atoms with van der Waals surface area (Å²) in [5.74, 6) is -0.181. The SMILES string of the molecule is NC1CCCC1N1C(=O)C2CC=CCC2C1=O. The first-order chi connectivity index (χ1) is 8.20. The molecule has 0 aromatic heterocycles. The fourth-order valence-corrected chi connectivity index (χ4v) is 3.44. The van der Waals surface area contributed by atoms with Crippen LogP contribution in [0.5, 0.6) is 0 Å². The molecule has 0 bridgehead atoms. The Morgan fingerprint density at radius 3 is 2.12 bits per heavy atom. The summed E-state index contributed by atoms with van der Waals surface area (Å²) < 4.78 is 0. The second-order valence-corrected chi connectivity index (χ2v) is 5.36. The highest BCUT2D eigenvalue weighted by Crippen LogP contribution is 2.38. The molecular weight excluding hydrogens is 216 g/mol. The number of hydrogen-bond acceptors (Lipinski definition) is 3. The first-order valence-corrected chi connectivity index (χ1v) is 6.47. The van der Waals surface area contributed by atoms with Crippen LogP contribution < -0.4 is 5.73 Å². The van der Waals surface area contributed by atoms with Gasteiger partial charge in [-0.2, -0.15) is 0 Å². The van der Waals surface area contributed by atoms with Gasteiger partial charge in [0.1, 0.15) is 0 Å². The van der Waals surface area contributed by atoms with E-state index < -0.39 is 0 Å². The molecule has 17 heavy (non-hydrogen) atoms. The Morgan fingerprint density at radius 2 is 1.65 bits per heavy atom. The van der Waals surface area contributed by atoms with Gasteiger partial charge in [-0.15, -0.1) is 0 Å². The second-order valence-electron chi connectivity index (χ2n) is 5.36. The van der Waals surface area contributed by atoms with E-state index in [4.69, 9.17) is 5.73 Å². The van der Waals surface area contributed by atoms with Gasteiger partial charge in [0.25, 0.3) is 0 Å². The summed E-state index contributed by atoms with van der Waals surface area (Å²) in [6, 6.07) is -0.0587. The first-order valence-electron chi connectivity index (χ1n) is 6.47. The number of likely N-dealkylation sites (tertiary alicyclic amines) is 1. The third-order valence-corrected chi connectivity index (χ3v) is 4.40. The van der Waals surface area contributed by atoms with Crippen LogP contribution in [0.25, 0.3) is 0 Å². The monoisotopic (exact) mass is 234 g/mol. The molecule has 1 aliphatic heterocycles. The predicted molar refractivity (Wildman–Crippen MR) is 62.8 cm³/mol. The Hall–Kier alpha value is -1.16. The van der Waals surface area contributed by atoms with Gasteiger partial charge in [-0.3, -0.25) is 14.5 Å². The summed E-state index contributed by atoms with van der Waals surface area (Å²) in [5, 5.41) is 0. The number of amides is 2. The first kappa shape index (κ1) is 11.0. The summed E-state index contributed by atoms with van der Waals surface area (Å²) in [5.41, 5.74) is 6.01. The third-order valence-electron chi connectivity index (χ3n) is 4.40. The van der Waals surface area contributed by atoms with Gasteiger partial charge in [-0.1, -0.05) is 12.2 Å². The molecule has 0 radical (unpaired) electrons. The number of imide groups is 1. The summed E-state index contributed by atoms with van der Waals surface area (Å²) in [6.07, 6.45) is 8.30. The normalized spacial score (nSPS) is 41.1. The molecule has 3 rings (SSSR count). The number of carbonyl (C=O) groups is 2. The van der Waals surface area contributed by atoms with Crippen LogP contribution in [0.4, 0.5) is 0 Å². The molecule has 2 amide bonds. The largest absolute Gasteiger partial charge is 0.326 e. The lowest BCUT2D eigenvalue weighted by molar-refractivity contribution is -0.142. The van der Waals surface area contributed by atoms with Crippen molar-refractivity contribution in [1.29, 1.82) is 0 Å². The van der Waals surface area contributed by atoms with Gasteiger partial charge in [0.05, 0.1) is 17.9 Å². The number of allylic oxidation sites excluding steroid dienone is 2. The predicted octanol–water partition coefficient (Wildman–Crippen LogP) is 0.817. The Labute approximate surface area is 101 Å². The maximum atomic E-state index is 12.3. The molecule has 4 atom stereocenters. The fraction of sp³-hybridized carbons (Fsp3) is 0.692. The maximum absolute atomic E-state index is 12.3. The van der Waals surface area contributed by atoms with E-state index >= 15 is 0 Å². The molecule has 92 valence electrons. The van der Waals surface area contributed by atoms with Crippen molar-refractivity contribution in [3.05, 3.63) is 12.2 Å². The Bertz CT molecular complexity index is 365. The highest BCUT2D eigenvalue weighted by molar-refractivity contribution is 6.05. The lowest BCUT2D eigenvalue weighted by Crippen LogP contribution is -2.47. The van der Waals surface area contributed by atoms with Crippen LogP contribution in [-0.2, 0) is 9.59 Å². The summed E-state index contributed by atoms with van der Waals surface area (Å²) >= 11 is 0. The van der Waals surface area contributed by atoms with E-state index in [0.717, 1.165) is 19.3 Å². The zero-order valence-electron chi connectivity index (χ0n) is 9.84. The van der Waals surface area contributed by atoms with E-state index in [9.17, 15) is 9.59 Å². The summed E-state index contributed by atoms with van der Waals surface area (Å²) in [6.45, 7) is 0. The molecule has 0 aromatic rings. The van der Waals surface area contributed by atoms with Crippen molar-refractivity contribution in [2.24, 2.45) is 17.6 Å². The van der Waals surface area contributed by atoms with Crippen LogP contribution in [0.2, 0.25) is 0 Å². The molecule has 0 spiro atoms. The fourth-order valence-electron chi connectivity index (χ4n) is 3.44. The minimum absolute atomic E-state index is 0.0176. The molecule has 0 aromatic carbocycles. The molecule has 3 aliphatic rings. The molecule has 1 saturated heterocycles. The van der Waals surface area contributed by atoms with Crippen LogP contribution in [0.3, 0.4) is 0 Å². The molecule has 4 nitrogen and oxygen atoms in total. The van der Waals surface area contributed by atoms with Crippen molar-refractivity contribution in [3.8, 4) is 0 Å². The standard InChI is InChI=1S/C13H18N2O2/c14-10-6-3-7-11(10)15-12(16)8-4-1-2-5-9(8)13(15)17/h1-2,8-11H,3-7,14H2. The van der Waals surface area contributed by atoms with Crippen molar-refractivity contribution in [1.82, 2.24) is 4.90 Å². The van der Waals surface area contributed by atoms with E-state index in [1.807, 2.05) is 12.2 Å². The number of nitrogens with zero attached hydrogens (tertiary/aromatic N) is 1. The van der Waals surface area contributed by atoms with E-state index in [0.29, 0.717) is 12.8 Å². The van der Waals surface area contributed by atoms with Crippen molar-refractivity contribution < 1.29 is 9.59 Å². The number of rotatable bonds is 1. The minimum atomic E-state index is -0.111. The molecule has 1 saturated carbocycles. The second kappa shape index (κ2) is 3.95. The average Bonchev–Trinajstić information content (AvgIpc) is 2.84. The number of fused-ring (bicyclic) bond motifs is 1. The molecule has 2 N–H and O–H groups in total. The lowest BCUT2D eigenvalue weighted by Gasteiger charge is -2.26. The minimum Gasteiger partial charge on any atom is -0.326 e. The van der Waals surface area contributed by atoms with E-state index in [2.05, 4.69) is 0 Å². The Kier molecular flexibility index (Phi) is 2.54. The quantitative estimate of drug-likeness (QED) is 0.539. The maximum Gasteiger partial charge on any atom is 0.233 e. The molecular formula is C13H18N2O2. The Balaban J connectivity index is 1.87. The zero-order valence-corrected chi connectivity index (χ0v) is 9.84.